The Morgan fingerprint density at radius 2 is 1.63 bits per heavy atom. The molecule has 3 aromatic rings. The maximum Gasteiger partial charge on any atom is 0.255 e. The lowest BCUT2D eigenvalue weighted by Gasteiger charge is -2.11. The number of amides is 2. The van der Waals surface area contributed by atoms with Gasteiger partial charge in [0.2, 0.25) is 0 Å². The lowest BCUT2D eigenvalue weighted by Crippen LogP contribution is -2.25. The van der Waals surface area contributed by atoms with Crippen LogP contribution in [0, 0.1) is 0 Å². The molecule has 30 heavy (non-hydrogen) atoms. The van der Waals surface area contributed by atoms with Gasteiger partial charge in [0, 0.05) is 22.7 Å². The van der Waals surface area contributed by atoms with E-state index >= 15 is 0 Å². The van der Waals surface area contributed by atoms with Gasteiger partial charge < -0.3 is 15.4 Å². The molecule has 3 rings (SSSR count). The predicted octanol–water partition coefficient (Wildman–Crippen LogP) is 5.09. The van der Waals surface area contributed by atoms with Crippen molar-refractivity contribution in [3.8, 4) is 5.75 Å². The summed E-state index contributed by atoms with van der Waals surface area (Å²) >= 11 is 6.13. The molecule has 0 bridgehead atoms. The first-order valence-corrected chi connectivity index (χ1v) is 9.72. The molecule has 0 aliphatic rings. The van der Waals surface area contributed by atoms with Crippen LogP contribution in [0.25, 0.3) is 0 Å². The van der Waals surface area contributed by atoms with Crippen LogP contribution in [0.2, 0.25) is 5.02 Å². The highest BCUT2D eigenvalue weighted by Gasteiger charge is 2.13. The minimum absolute atomic E-state index is 0.283. The molecule has 152 valence electrons. The second-order valence-electron chi connectivity index (χ2n) is 6.40. The standard InChI is InChI=1S/C24H21ClN2O3/c1-2-15-26-24(29)20-8-4-6-10-22(20)27-23(28)17-11-13-19(14-12-17)30-16-18-7-3-5-9-21(18)25/h2-14H,1,15-16H2,(H,26,29)(H,27,28). The number of nitrogens with one attached hydrogen (secondary N) is 2. The number of anilines is 1. The molecule has 0 spiro atoms. The monoisotopic (exact) mass is 420 g/mol. The second kappa shape index (κ2) is 10.3. The number of carbonyl (C=O) groups excluding carboxylic acids is 2. The molecule has 0 radical (unpaired) electrons. The fraction of sp³-hybridized carbons (Fsp3) is 0.0833. The average Bonchev–Trinajstić information content (AvgIpc) is 2.77. The number of hydrogen-bond acceptors (Lipinski definition) is 3. The van der Waals surface area contributed by atoms with Gasteiger partial charge in [0.25, 0.3) is 11.8 Å². The first-order chi connectivity index (χ1) is 14.6. The highest BCUT2D eigenvalue weighted by Crippen LogP contribution is 2.20. The molecule has 3 aromatic carbocycles. The molecule has 0 atom stereocenters. The summed E-state index contributed by atoms with van der Waals surface area (Å²) in [6, 6.07) is 21.1. The fourth-order valence-electron chi connectivity index (χ4n) is 2.72. The molecule has 0 aliphatic carbocycles. The van der Waals surface area contributed by atoms with Gasteiger partial charge in [-0.3, -0.25) is 9.59 Å². The Balaban J connectivity index is 1.65. The van der Waals surface area contributed by atoms with E-state index in [4.69, 9.17) is 16.3 Å². The Labute approximate surface area is 180 Å². The van der Waals surface area contributed by atoms with Gasteiger partial charge in [0.1, 0.15) is 12.4 Å². The average molecular weight is 421 g/mol. The Hall–Kier alpha value is -3.57. The molecule has 2 N–H and O–H groups in total. The molecule has 0 fully saturated rings. The first kappa shape index (κ1) is 21.1. The zero-order valence-electron chi connectivity index (χ0n) is 16.2. The van der Waals surface area contributed by atoms with E-state index in [9.17, 15) is 9.59 Å². The highest BCUT2D eigenvalue weighted by atomic mass is 35.5. The van der Waals surface area contributed by atoms with Crippen LogP contribution in [0.4, 0.5) is 5.69 Å². The van der Waals surface area contributed by atoms with Crippen LogP contribution in [0.15, 0.2) is 85.5 Å². The van der Waals surface area contributed by atoms with Gasteiger partial charge in [0.05, 0.1) is 11.3 Å². The summed E-state index contributed by atoms with van der Waals surface area (Å²) in [5.41, 5.74) is 2.14. The van der Waals surface area contributed by atoms with Crippen molar-refractivity contribution in [2.45, 2.75) is 6.61 Å². The zero-order chi connectivity index (χ0) is 21.3. The fourth-order valence-corrected chi connectivity index (χ4v) is 2.91. The third kappa shape index (κ3) is 5.49. The van der Waals surface area contributed by atoms with E-state index in [2.05, 4.69) is 17.2 Å². The Morgan fingerprint density at radius 3 is 2.37 bits per heavy atom. The van der Waals surface area contributed by atoms with Crippen molar-refractivity contribution in [2.24, 2.45) is 0 Å². The Bertz CT molecular complexity index is 1050. The predicted molar refractivity (Wildman–Crippen MR) is 119 cm³/mol. The van der Waals surface area contributed by atoms with Crippen molar-refractivity contribution in [3.63, 3.8) is 0 Å². The van der Waals surface area contributed by atoms with Gasteiger partial charge in [-0.05, 0) is 42.5 Å². The van der Waals surface area contributed by atoms with Gasteiger partial charge in [0.15, 0.2) is 0 Å². The van der Waals surface area contributed by atoms with Crippen molar-refractivity contribution in [1.29, 1.82) is 0 Å². The Kier molecular flexibility index (Phi) is 7.24. The number of ether oxygens (including phenoxy) is 1. The quantitative estimate of drug-likeness (QED) is 0.499. The largest absolute Gasteiger partial charge is 0.489 e. The number of hydrogen-bond donors (Lipinski definition) is 2. The number of benzene rings is 3. The van der Waals surface area contributed by atoms with Crippen molar-refractivity contribution in [1.82, 2.24) is 5.32 Å². The summed E-state index contributed by atoms with van der Waals surface area (Å²) in [6.45, 7) is 4.25. The molecule has 0 aliphatic heterocycles. The van der Waals surface area contributed by atoms with E-state index in [1.165, 1.54) is 0 Å². The maximum atomic E-state index is 12.6. The Morgan fingerprint density at radius 1 is 0.933 bits per heavy atom. The smallest absolute Gasteiger partial charge is 0.255 e. The maximum absolute atomic E-state index is 12.6. The number of rotatable bonds is 8. The lowest BCUT2D eigenvalue weighted by molar-refractivity contribution is 0.0959. The molecule has 0 aromatic heterocycles. The van der Waals surface area contributed by atoms with E-state index in [-0.39, 0.29) is 11.8 Å². The van der Waals surface area contributed by atoms with Crippen LogP contribution in [0.3, 0.4) is 0 Å². The van der Waals surface area contributed by atoms with Crippen LogP contribution in [0.5, 0.6) is 5.75 Å². The first-order valence-electron chi connectivity index (χ1n) is 9.34. The van der Waals surface area contributed by atoms with Crippen LogP contribution in [-0.4, -0.2) is 18.4 Å². The normalized spacial score (nSPS) is 10.2. The minimum Gasteiger partial charge on any atom is -0.489 e. The summed E-state index contributed by atoms with van der Waals surface area (Å²) < 4.78 is 5.74. The van der Waals surface area contributed by atoms with Gasteiger partial charge in [-0.15, -0.1) is 6.58 Å². The van der Waals surface area contributed by atoms with Crippen LogP contribution in [-0.2, 0) is 6.61 Å². The highest BCUT2D eigenvalue weighted by molar-refractivity contribution is 6.31. The summed E-state index contributed by atoms with van der Waals surface area (Å²) in [5.74, 6) is 0.0152. The summed E-state index contributed by atoms with van der Waals surface area (Å²) in [5, 5.41) is 6.13. The molecule has 0 unspecified atom stereocenters. The molecule has 0 saturated carbocycles. The van der Waals surface area contributed by atoms with Crippen LogP contribution in [0.1, 0.15) is 26.3 Å². The summed E-state index contributed by atoms with van der Waals surface area (Å²) in [7, 11) is 0. The van der Waals surface area contributed by atoms with Gasteiger partial charge >= 0.3 is 0 Å². The topological polar surface area (TPSA) is 67.4 Å². The molecular weight excluding hydrogens is 400 g/mol. The van der Waals surface area contributed by atoms with Gasteiger partial charge in [-0.2, -0.15) is 0 Å². The molecule has 5 nitrogen and oxygen atoms in total. The molecule has 0 heterocycles. The number of halogens is 1. The van der Waals surface area contributed by atoms with Crippen LogP contribution >= 0.6 is 11.6 Å². The van der Waals surface area contributed by atoms with E-state index in [1.54, 1.807) is 54.6 Å². The molecule has 6 heteroatoms. The minimum atomic E-state index is -0.323. The van der Waals surface area contributed by atoms with Gasteiger partial charge in [-0.1, -0.05) is 48.0 Å². The SMILES string of the molecule is C=CCNC(=O)c1ccccc1NC(=O)c1ccc(OCc2ccccc2Cl)cc1. The van der Waals surface area contributed by atoms with E-state index in [1.807, 2.05) is 24.3 Å². The van der Waals surface area contributed by atoms with Gasteiger partial charge in [-0.25, -0.2) is 0 Å². The van der Waals surface area contributed by atoms with Crippen molar-refractivity contribution < 1.29 is 14.3 Å². The third-order valence-electron chi connectivity index (χ3n) is 4.30. The summed E-state index contributed by atoms with van der Waals surface area (Å²) in [4.78, 5) is 24.9. The lowest BCUT2D eigenvalue weighted by atomic mass is 10.1. The molecule has 2 amide bonds. The van der Waals surface area contributed by atoms with Crippen molar-refractivity contribution >= 4 is 29.1 Å². The third-order valence-corrected chi connectivity index (χ3v) is 4.66. The van der Waals surface area contributed by atoms with E-state index < -0.39 is 0 Å². The number of carbonyl (C=O) groups is 2. The van der Waals surface area contributed by atoms with Crippen molar-refractivity contribution in [3.05, 3.63) is 107 Å². The van der Waals surface area contributed by atoms with Crippen LogP contribution < -0.4 is 15.4 Å². The second-order valence-corrected chi connectivity index (χ2v) is 6.81. The number of para-hydroxylation sites is 1. The van der Waals surface area contributed by atoms with E-state index in [0.717, 1.165) is 5.56 Å². The summed E-state index contributed by atoms with van der Waals surface area (Å²) in [6.07, 6.45) is 1.59. The van der Waals surface area contributed by atoms with E-state index in [0.29, 0.717) is 40.7 Å². The zero-order valence-corrected chi connectivity index (χ0v) is 17.0. The van der Waals surface area contributed by atoms with Crippen molar-refractivity contribution in [2.75, 3.05) is 11.9 Å². The molecular formula is C24H21ClN2O3. The molecule has 0 saturated heterocycles.